The first-order chi connectivity index (χ1) is 6.12. The molecular formula is C8H22N4O. The molecule has 1 unspecified atom stereocenters. The summed E-state index contributed by atoms with van der Waals surface area (Å²) in [6, 6.07) is 0. The Balaban J connectivity index is 3.16. The highest BCUT2D eigenvalue weighted by Gasteiger charge is 2.15. The molecule has 0 fully saturated rings. The number of aliphatic hydroxyl groups excluding tert-OH is 1. The summed E-state index contributed by atoms with van der Waals surface area (Å²) < 4.78 is 0. The lowest BCUT2D eigenvalue weighted by Crippen LogP contribution is -2.50. The average Bonchev–Trinajstić information content (AvgIpc) is 2.11. The summed E-state index contributed by atoms with van der Waals surface area (Å²) in [6.45, 7) is 5.63. The minimum absolute atomic E-state index is 0.00374. The summed E-state index contributed by atoms with van der Waals surface area (Å²) >= 11 is 0. The van der Waals surface area contributed by atoms with E-state index >= 15 is 0 Å². The number of nitrogens with two attached hydrogens (primary N) is 2. The second kappa shape index (κ2) is 7.23. The molecule has 13 heavy (non-hydrogen) atoms. The van der Waals surface area contributed by atoms with E-state index in [1.807, 2.05) is 6.92 Å². The van der Waals surface area contributed by atoms with Crippen molar-refractivity contribution in [1.29, 1.82) is 0 Å². The molecule has 0 saturated carbocycles. The van der Waals surface area contributed by atoms with E-state index in [1.54, 1.807) is 0 Å². The van der Waals surface area contributed by atoms with Crippen LogP contribution in [0.2, 0.25) is 0 Å². The summed E-state index contributed by atoms with van der Waals surface area (Å²) in [6.07, 6.45) is 0. The van der Waals surface area contributed by atoms with E-state index < -0.39 is 5.54 Å². The first-order valence-corrected chi connectivity index (χ1v) is 4.63. The zero-order valence-corrected chi connectivity index (χ0v) is 8.34. The van der Waals surface area contributed by atoms with Gasteiger partial charge < -0.3 is 27.2 Å². The van der Waals surface area contributed by atoms with Gasteiger partial charge in [0, 0.05) is 38.3 Å². The Morgan fingerprint density at radius 3 is 2.38 bits per heavy atom. The van der Waals surface area contributed by atoms with Crippen molar-refractivity contribution in [3.05, 3.63) is 0 Å². The predicted molar refractivity (Wildman–Crippen MR) is 54.5 cm³/mol. The normalized spacial score (nSPS) is 15.7. The monoisotopic (exact) mass is 190 g/mol. The molecule has 5 heteroatoms. The van der Waals surface area contributed by atoms with Gasteiger partial charge in [-0.1, -0.05) is 0 Å². The van der Waals surface area contributed by atoms with Crippen LogP contribution >= 0.6 is 0 Å². The molecule has 0 bridgehead atoms. The molecule has 0 aromatic heterocycles. The Hall–Kier alpha value is -0.200. The van der Waals surface area contributed by atoms with E-state index in [9.17, 15) is 0 Å². The van der Waals surface area contributed by atoms with Crippen molar-refractivity contribution in [3.63, 3.8) is 0 Å². The standard InChI is InChI=1S/C8H22N4O/c1-8(10,7-13)6-12-5-4-11-3-2-9/h11-13H,2-7,9-10H2,1H3. The van der Waals surface area contributed by atoms with Crippen LogP contribution in [0.25, 0.3) is 0 Å². The van der Waals surface area contributed by atoms with Crippen LogP contribution in [0, 0.1) is 0 Å². The molecule has 0 aromatic rings. The molecule has 7 N–H and O–H groups in total. The molecule has 0 aromatic carbocycles. The Labute approximate surface area is 79.9 Å². The van der Waals surface area contributed by atoms with Crippen LogP contribution in [-0.2, 0) is 0 Å². The van der Waals surface area contributed by atoms with Crippen LogP contribution in [0.4, 0.5) is 0 Å². The first kappa shape index (κ1) is 12.8. The highest BCUT2D eigenvalue weighted by atomic mass is 16.3. The van der Waals surface area contributed by atoms with Gasteiger partial charge in [-0.3, -0.25) is 0 Å². The summed E-state index contributed by atoms with van der Waals surface area (Å²) in [5.41, 5.74) is 10.5. The van der Waals surface area contributed by atoms with Gasteiger partial charge in [0.1, 0.15) is 0 Å². The zero-order chi connectivity index (χ0) is 10.2. The van der Waals surface area contributed by atoms with Gasteiger partial charge in [0.2, 0.25) is 0 Å². The number of hydrogen-bond donors (Lipinski definition) is 5. The highest BCUT2D eigenvalue weighted by Crippen LogP contribution is 1.92. The SMILES string of the molecule is CC(N)(CO)CNCCNCCN. The largest absolute Gasteiger partial charge is 0.394 e. The number of rotatable bonds is 8. The molecule has 0 aliphatic rings. The molecule has 5 nitrogen and oxygen atoms in total. The van der Waals surface area contributed by atoms with Crippen molar-refractivity contribution in [2.24, 2.45) is 11.5 Å². The lowest BCUT2D eigenvalue weighted by Gasteiger charge is -2.21. The fraction of sp³-hybridized carbons (Fsp3) is 1.00. The van der Waals surface area contributed by atoms with Crippen LogP contribution in [-0.4, -0.2) is 50.0 Å². The van der Waals surface area contributed by atoms with Crippen molar-refractivity contribution in [1.82, 2.24) is 10.6 Å². The molecule has 0 heterocycles. The number of aliphatic hydroxyl groups is 1. The van der Waals surface area contributed by atoms with Gasteiger partial charge in [-0.15, -0.1) is 0 Å². The molecule has 0 radical (unpaired) electrons. The third-order valence-corrected chi connectivity index (χ3v) is 1.69. The molecule has 0 saturated heterocycles. The maximum absolute atomic E-state index is 8.84. The molecule has 80 valence electrons. The zero-order valence-electron chi connectivity index (χ0n) is 8.34. The van der Waals surface area contributed by atoms with E-state index in [-0.39, 0.29) is 6.61 Å². The van der Waals surface area contributed by atoms with Crippen LogP contribution in [0.15, 0.2) is 0 Å². The lowest BCUT2D eigenvalue weighted by atomic mass is 10.1. The summed E-state index contributed by atoms with van der Waals surface area (Å²) in [5.74, 6) is 0. The fourth-order valence-electron chi connectivity index (χ4n) is 0.834. The Morgan fingerprint density at radius 1 is 1.23 bits per heavy atom. The third-order valence-electron chi connectivity index (χ3n) is 1.69. The van der Waals surface area contributed by atoms with Gasteiger partial charge in [-0.05, 0) is 6.92 Å². The van der Waals surface area contributed by atoms with Gasteiger partial charge >= 0.3 is 0 Å². The minimum atomic E-state index is -0.520. The van der Waals surface area contributed by atoms with Crippen molar-refractivity contribution in [2.45, 2.75) is 12.5 Å². The van der Waals surface area contributed by atoms with Crippen molar-refractivity contribution in [3.8, 4) is 0 Å². The van der Waals surface area contributed by atoms with Crippen molar-refractivity contribution < 1.29 is 5.11 Å². The van der Waals surface area contributed by atoms with Gasteiger partial charge in [0.15, 0.2) is 0 Å². The van der Waals surface area contributed by atoms with Gasteiger partial charge in [0.25, 0.3) is 0 Å². The van der Waals surface area contributed by atoms with E-state index in [4.69, 9.17) is 16.6 Å². The highest BCUT2D eigenvalue weighted by molar-refractivity contribution is 4.79. The lowest BCUT2D eigenvalue weighted by molar-refractivity contribution is 0.205. The van der Waals surface area contributed by atoms with Crippen molar-refractivity contribution >= 4 is 0 Å². The van der Waals surface area contributed by atoms with Gasteiger partial charge in [0.05, 0.1) is 6.61 Å². The minimum Gasteiger partial charge on any atom is -0.394 e. The number of nitrogens with one attached hydrogen (secondary N) is 2. The topological polar surface area (TPSA) is 96.3 Å². The molecule has 0 aliphatic heterocycles. The Kier molecular flexibility index (Phi) is 7.12. The van der Waals surface area contributed by atoms with E-state index in [1.165, 1.54) is 0 Å². The first-order valence-electron chi connectivity index (χ1n) is 4.63. The second-order valence-electron chi connectivity index (χ2n) is 3.53. The number of hydrogen-bond acceptors (Lipinski definition) is 5. The van der Waals surface area contributed by atoms with Crippen LogP contribution in [0.3, 0.4) is 0 Å². The van der Waals surface area contributed by atoms with Crippen molar-refractivity contribution in [2.75, 3.05) is 39.3 Å². The molecule has 0 aliphatic carbocycles. The van der Waals surface area contributed by atoms with Crippen LogP contribution < -0.4 is 22.1 Å². The van der Waals surface area contributed by atoms with Crippen LogP contribution in [0.1, 0.15) is 6.92 Å². The molecule has 0 spiro atoms. The molecule has 0 amide bonds. The quantitative estimate of drug-likeness (QED) is 0.281. The third kappa shape index (κ3) is 8.14. The van der Waals surface area contributed by atoms with Gasteiger partial charge in [-0.2, -0.15) is 0 Å². The molecule has 0 rings (SSSR count). The Bertz CT molecular complexity index is 119. The summed E-state index contributed by atoms with van der Waals surface area (Å²) in [4.78, 5) is 0. The average molecular weight is 190 g/mol. The Morgan fingerprint density at radius 2 is 1.85 bits per heavy atom. The molecule has 1 atom stereocenters. The maximum Gasteiger partial charge on any atom is 0.0620 e. The predicted octanol–water partition coefficient (Wildman–Crippen LogP) is -2.17. The van der Waals surface area contributed by atoms with E-state index in [0.717, 1.165) is 19.6 Å². The van der Waals surface area contributed by atoms with Crippen LogP contribution in [0.5, 0.6) is 0 Å². The maximum atomic E-state index is 8.84. The van der Waals surface area contributed by atoms with Gasteiger partial charge in [-0.25, -0.2) is 0 Å². The smallest absolute Gasteiger partial charge is 0.0620 e. The summed E-state index contributed by atoms with van der Waals surface area (Å²) in [5, 5.41) is 15.1. The molecular weight excluding hydrogens is 168 g/mol. The fourth-order valence-corrected chi connectivity index (χ4v) is 0.834. The second-order valence-corrected chi connectivity index (χ2v) is 3.53. The van der Waals surface area contributed by atoms with E-state index in [0.29, 0.717) is 13.1 Å². The summed E-state index contributed by atoms with van der Waals surface area (Å²) in [7, 11) is 0. The van der Waals surface area contributed by atoms with E-state index in [2.05, 4.69) is 10.6 Å².